The van der Waals surface area contributed by atoms with Gasteiger partial charge in [-0.05, 0) is 61.7 Å². The van der Waals surface area contributed by atoms with Crippen molar-refractivity contribution < 1.29 is 4.79 Å². The maximum atomic E-state index is 13.0. The average molecular weight is 313 g/mol. The highest BCUT2D eigenvalue weighted by Gasteiger charge is 2.51. The molecule has 0 unspecified atom stereocenters. The van der Waals surface area contributed by atoms with Crippen molar-refractivity contribution in [1.29, 1.82) is 0 Å². The smallest absolute Gasteiger partial charge is 0.223 e. The second-order valence-electron chi connectivity index (χ2n) is 8.91. The molecule has 4 bridgehead atoms. The van der Waals surface area contributed by atoms with Gasteiger partial charge in [0.2, 0.25) is 5.91 Å². The molecule has 0 spiro atoms. The fourth-order valence-electron chi connectivity index (χ4n) is 6.57. The van der Waals surface area contributed by atoms with Crippen LogP contribution >= 0.6 is 0 Å². The number of hydrogen-bond acceptors (Lipinski definition) is 2. The van der Waals surface area contributed by atoms with E-state index in [2.05, 4.69) is 14.5 Å². The van der Waals surface area contributed by atoms with Gasteiger partial charge in [-0.2, -0.15) is 0 Å². The molecular weight excluding hydrogens is 286 g/mol. The maximum Gasteiger partial charge on any atom is 0.223 e. The summed E-state index contributed by atoms with van der Waals surface area (Å²) < 4.78 is 2.08. The highest BCUT2D eigenvalue weighted by Crippen LogP contribution is 2.61. The minimum absolute atomic E-state index is 0.360. The van der Waals surface area contributed by atoms with E-state index >= 15 is 0 Å². The first kappa shape index (κ1) is 14.1. The zero-order valence-corrected chi connectivity index (χ0v) is 14.1. The van der Waals surface area contributed by atoms with E-state index in [0.29, 0.717) is 11.3 Å². The van der Waals surface area contributed by atoms with Gasteiger partial charge in [-0.1, -0.05) is 0 Å². The van der Waals surface area contributed by atoms with Crippen molar-refractivity contribution in [3.63, 3.8) is 0 Å². The number of fused-ring (bicyclic) bond motifs is 1. The summed E-state index contributed by atoms with van der Waals surface area (Å²) in [6.07, 6.45) is 12.0. The summed E-state index contributed by atoms with van der Waals surface area (Å²) >= 11 is 0. The van der Waals surface area contributed by atoms with Crippen molar-refractivity contribution in [3.05, 3.63) is 17.7 Å². The van der Waals surface area contributed by atoms with Crippen LogP contribution in [0.3, 0.4) is 0 Å². The summed E-state index contributed by atoms with van der Waals surface area (Å²) in [5, 5.41) is 0. The third kappa shape index (κ3) is 2.25. The van der Waals surface area contributed by atoms with Crippen LogP contribution in [0.2, 0.25) is 0 Å². The minimum atomic E-state index is 0.360. The summed E-state index contributed by atoms with van der Waals surface area (Å²) in [7, 11) is 2.04. The van der Waals surface area contributed by atoms with Gasteiger partial charge in [0, 0.05) is 26.4 Å². The Kier molecular flexibility index (Phi) is 2.96. The zero-order valence-electron chi connectivity index (χ0n) is 14.1. The lowest BCUT2D eigenvalue weighted by Crippen LogP contribution is -2.49. The van der Waals surface area contributed by atoms with Crippen LogP contribution in [0, 0.1) is 23.2 Å². The Morgan fingerprint density at radius 2 is 1.87 bits per heavy atom. The van der Waals surface area contributed by atoms with Crippen LogP contribution in [0.25, 0.3) is 0 Å². The Bertz CT molecular complexity index is 612. The molecule has 0 N–H and O–H groups in total. The molecule has 1 amide bonds. The third-order valence-corrected chi connectivity index (χ3v) is 7.15. The van der Waals surface area contributed by atoms with E-state index in [4.69, 9.17) is 0 Å². The second-order valence-corrected chi connectivity index (χ2v) is 8.91. The van der Waals surface area contributed by atoms with E-state index in [1.165, 1.54) is 49.9 Å². The van der Waals surface area contributed by atoms with E-state index < -0.39 is 0 Å². The monoisotopic (exact) mass is 313 g/mol. The van der Waals surface area contributed by atoms with Crippen LogP contribution in [0.15, 0.2) is 6.33 Å². The van der Waals surface area contributed by atoms with Crippen molar-refractivity contribution in [2.45, 2.75) is 57.9 Å². The highest BCUT2D eigenvalue weighted by molar-refractivity contribution is 5.77. The summed E-state index contributed by atoms with van der Waals surface area (Å²) in [5.41, 5.74) is 2.78. The molecule has 4 aliphatic carbocycles. The number of hydrogen-bond donors (Lipinski definition) is 0. The van der Waals surface area contributed by atoms with Crippen molar-refractivity contribution in [3.8, 4) is 0 Å². The minimum Gasteiger partial charge on any atom is -0.336 e. The molecule has 6 rings (SSSR count). The molecule has 0 radical (unpaired) electrons. The maximum absolute atomic E-state index is 13.0. The van der Waals surface area contributed by atoms with Crippen LogP contribution in [0.5, 0.6) is 0 Å². The Morgan fingerprint density at radius 1 is 1.22 bits per heavy atom. The molecule has 2 heterocycles. The molecule has 4 heteroatoms. The van der Waals surface area contributed by atoms with Gasteiger partial charge >= 0.3 is 0 Å². The molecule has 4 saturated carbocycles. The molecule has 124 valence electrons. The van der Waals surface area contributed by atoms with E-state index in [1.54, 1.807) is 0 Å². The predicted molar refractivity (Wildman–Crippen MR) is 87.6 cm³/mol. The summed E-state index contributed by atoms with van der Waals surface area (Å²) in [5.74, 6) is 3.19. The van der Waals surface area contributed by atoms with E-state index in [0.717, 1.165) is 43.7 Å². The van der Waals surface area contributed by atoms with Gasteiger partial charge in [0.05, 0.1) is 24.3 Å². The summed E-state index contributed by atoms with van der Waals surface area (Å²) in [6.45, 7) is 1.62. The van der Waals surface area contributed by atoms with Gasteiger partial charge in [-0.3, -0.25) is 4.79 Å². The lowest BCUT2D eigenvalue weighted by molar-refractivity contribution is -0.140. The molecule has 1 aromatic rings. The molecule has 0 saturated heterocycles. The van der Waals surface area contributed by atoms with Gasteiger partial charge in [0.1, 0.15) is 0 Å². The topological polar surface area (TPSA) is 38.1 Å². The molecule has 1 aliphatic heterocycles. The fraction of sp³-hybridized carbons (Fsp3) is 0.789. The van der Waals surface area contributed by atoms with Crippen LogP contribution in [0.1, 0.15) is 56.3 Å². The predicted octanol–water partition coefficient (Wildman–Crippen LogP) is 2.91. The first-order valence-corrected chi connectivity index (χ1v) is 9.37. The lowest BCUT2D eigenvalue weighted by atomic mass is 9.49. The Balaban J connectivity index is 1.32. The SMILES string of the molecule is Cn1cnc2c1CN(C(=O)CC13CC4CC(CC(C4)C1)C3)CC2. The number of aromatic nitrogens is 2. The number of carbonyl (C=O) groups excluding carboxylic acids is 1. The molecule has 5 aliphatic rings. The lowest BCUT2D eigenvalue weighted by Gasteiger charge is -2.57. The van der Waals surface area contributed by atoms with Gasteiger partial charge in [0.15, 0.2) is 0 Å². The van der Waals surface area contributed by atoms with E-state index in [1.807, 2.05) is 13.4 Å². The Labute approximate surface area is 138 Å². The van der Waals surface area contributed by atoms with E-state index in [-0.39, 0.29) is 0 Å². The third-order valence-electron chi connectivity index (χ3n) is 7.15. The number of aryl methyl sites for hydroxylation is 1. The van der Waals surface area contributed by atoms with Gasteiger partial charge in [0.25, 0.3) is 0 Å². The first-order chi connectivity index (χ1) is 11.1. The molecular formula is C19H27N3O. The summed E-state index contributed by atoms with van der Waals surface area (Å²) in [4.78, 5) is 19.6. The molecule has 4 fully saturated rings. The highest BCUT2D eigenvalue weighted by atomic mass is 16.2. The number of imidazole rings is 1. The van der Waals surface area contributed by atoms with Crippen LogP contribution < -0.4 is 0 Å². The normalized spacial score (nSPS) is 38.0. The van der Waals surface area contributed by atoms with Crippen molar-refractivity contribution >= 4 is 5.91 Å². The molecule has 0 atom stereocenters. The standard InChI is InChI=1S/C19H27N3O/c1-21-12-20-16-2-3-22(11-17(16)21)18(23)10-19-7-13-4-14(8-19)6-15(5-13)9-19/h12-15H,2-11H2,1H3. The molecule has 0 aromatic carbocycles. The van der Waals surface area contributed by atoms with Crippen LogP contribution in [-0.4, -0.2) is 26.9 Å². The van der Waals surface area contributed by atoms with Gasteiger partial charge in [-0.25, -0.2) is 4.98 Å². The zero-order chi connectivity index (χ0) is 15.6. The molecule has 1 aromatic heterocycles. The van der Waals surface area contributed by atoms with Crippen molar-refractivity contribution in [2.24, 2.45) is 30.2 Å². The number of amides is 1. The molecule has 4 nitrogen and oxygen atoms in total. The number of rotatable bonds is 2. The Hall–Kier alpha value is -1.32. The van der Waals surface area contributed by atoms with Gasteiger partial charge in [-0.15, -0.1) is 0 Å². The fourth-order valence-corrected chi connectivity index (χ4v) is 6.57. The Morgan fingerprint density at radius 3 is 2.52 bits per heavy atom. The van der Waals surface area contributed by atoms with Crippen molar-refractivity contribution in [1.82, 2.24) is 14.5 Å². The first-order valence-electron chi connectivity index (χ1n) is 9.37. The van der Waals surface area contributed by atoms with Crippen LogP contribution in [-0.2, 0) is 24.8 Å². The number of nitrogens with zero attached hydrogens (tertiary/aromatic N) is 3. The average Bonchev–Trinajstić information content (AvgIpc) is 2.86. The van der Waals surface area contributed by atoms with E-state index in [9.17, 15) is 4.79 Å². The quantitative estimate of drug-likeness (QED) is 0.842. The second kappa shape index (κ2) is 4.84. The van der Waals surface area contributed by atoms with Gasteiger partial charge < -0.3 is 9.47 Å². The number of carbonyl (C=O) groups is 1. The largest absolute Gasteiger partial charge is 0.336 e. The molecule has 23 heavy (non-hydrogen) atoms. The van der Waals surface area contributed by atoms with Crippen LogP contribution in [0.4, 0.5) is 0 Å². The van der Waals surface area contributed by atoms with Crippen molar-refractivity contribution in [2.75, 3.05) is 6.54 Å². The summed E-state index contributed by atoms with van der Waals surface area (Å²) in [6, 6.07) is 0.